The molecule has 0 atom stereocenters. The maximum Gasteiger partial charge on any atom is 0.333 e. The molecule has 3 heterocycles. The molecule has 0 saturated carbocycles. The Hall–Kier alpha value is -3.88. The second-order valence-corrected chi connectivity index (χ2v) is 6.71. The lowest BCUT2D eigenvalue weighted by Crippen LogP contribution is -2.23. The van der Waals surface area contributed by atoms with Gasteiger partial charge in [-0.2, -0.15) is 5.10 Å². The van der Waals surface area contributed by atoms with E-state index in [4.69, 9.17) is 4.74 Å². The van der Waals surface area contributed by atoms with Crippen LogP contribution >= 0.6 is 0 Å². The van der Waals surface area contributed by atoms with Crippen molar-refractivity contribution in [1.82, 2.24) is 23.7 Å². The molecule has 0 aliphatic heterocycles. The highest BCUT2D eigenvalue weighted by atomic mass is 16.5. The summed E-state index contributed by atoms with van der Waals surface area (Å²) >= 11 is 0. The summed E-state index contributed by atoms with van der Waals surface area (Å²) in [5, 5.41) is 6.84. The summed E-state index contributed by atoms with van der Waals surface area (Å²) in [6.07, 6.45) is 5.06. The summed E-state index contributed by atoms with van der Waals surface area (Å²) in [5.74, 6) is 0.460. The monoisotopic (exact) mass is 392 g/mol. The normalized spacial score (nSPS) is 11.0. The minimum atomic E-state index is -0.207. The van der Waals surface area contributed by atoms with E-state index in [9.17, 15) is 9.59 Å². The van der Waals surface area contributed by atoms with E-state index < -0.39 is 0 Å². The fourth-order valence-electron chi connectivity index (χ4n) is 3.13. The molecule has 0 fully saturated rings. The number of benzene rings is 1. The molecule has 29 heavy (non-hydrogen) atoms. The molecule has 1 amide bonds. The standard InChI is InChI=1S/C20H20N6O3/c1-13(27)22-15-6-4-5-14(9-15)17-11-24(2)20(28)26-10-16(23-19(17)26)12-29-18-7-8-21-25(18)3/h4-11H,12H2,1-3H3,(H,22,27). The van der Waals surface area contributed by atoms with Crippen molar-refractivity contribution in [3.05, 3.63) is 65.1 Å². The van der Waals surface area contributed by atoms with E-state index in [1.807, 2.05) is 24.3 Å². The Balaban J connectivity index is 1.76. The molecule has 4 aromatic rings. The third kappa shape index (κ3) is 3.62. The number of imidazole rings is 1. The van der Waals surface area contributed by atoms with Crippen molar-refractivity contribution >= 4 is 17.2 Å². The molecule has 0 unspecified atom stereocenters. The zero-order valence-electron chi connectivity index (χ0n) is 16.3. The number of fused-ring (bicyclic) bond motifs is 1. The Morgan fingerprint density at radius 1 is 1.21 bits per heavy atom. The van der Waals surface area contributed by atoms with E-state index in [2.05, 4.69) is 15.4 Å². The highest BCUT2D eigenvalue weighted by Crippen LogP contribution is 2.26. The summed E-state index contributed by atoms with van der Waals surface area (Å²) in [7, 11) is 3.48. The molecule has 1 aromatic carbocycles. The second-order valence-electron chi connectivity index (χ2n) is 6.71. The van der Waals surface area contributed by atoms with Gasteiger partial charge in [-0.1, -0.05) is 12.1 Å². The first-order valence-corrected chi connectivity index (χ1v) is 8.99. The minimum absolute atomic E-state index is 0.150. The number of hydrogen-bond acceptors (Lipinski definition) is 5. The Morgan fingerprint density at radius 2 is 2.03 bits per heavy atom. The Kier molecular flexibility index (Phi) is 4.63. The number of aryl methyl sites for hydroxylation is 2. The average molecular weight is 392 g/mol. The lowest BCUT2D eigenvalue weighted by molar-refractivity contribution is -0.114. The van der Waals surface area contributed by atoms with Crippen LogP contribution in [-0.4, -0.2) is 29.6 Å². The molecular weight excluding hydrogens is 372 g/mol. The quantitative estimate of drug-likeness (QED) is 0.560. The molecule has 1 N–H and O–H groups in total. The Labute approximate surface area is 166 Å². The smallest absolute Gasteiger partial charge is 0.333 e. The van der Waals surface area contributed by atoms with Crippen LogP contribution in [0.5, 0.6) is 5.88 Å². The van der Waals surface area contributed by atoms with Crippen LogP contribution in [0.4, 0.5) is 5.69 Å². The van der Waals surface area contributed by atoms with Crippen molar-refractivity contribution < 1.29 is 9.53 Å². The van der Waals surface area contributed by atoms with E-state index in [1.54, 1.807) is 43.4 Å². The fraction of sp³-hybridized carbons (Fsp3) is 0.200. The van der Waals surface area contributed by atoms with Gasteiger partial charge in [0.15, 0.2) is 5.65 Å². The summed E-state index contributed by atoms with van der Waals surface area (Å²) in [6, 6.07) is 9.17. The van der Waals surface area contributed by atoms with Gasteiger partial charge in [0.05, 0.1) is 11.9 Å². The maximum absolute atomic E-state index is 12.6. The molecule has 0 aliphatic rings. The van der Waals surface area contributed by atoms with Crippen LogP contribution in [0.1, 0.15) is 12.6 Å². The van der Waals surface area contributed by atoms with Gasteiger partial charge in [0.1, 0.15) is 6.61 Å². The van der Waals surface area contributed by atoms with Crippen molar-refractivity contribution in [2.75, 3.05) is 5.32 Å². The summed E-state index contributed by atoms with van der Waals surface area (Å²) < 4.78 is 10.4. The number of carbonyl (C=O) groups is 1. The zero-order chi connectivity index (χ0) is 20.5. The molecule has 4 rings (SSSR count). The molecule has 0 bridgehead atoms. The van der Waals surface area contributed by atoms with Crippen molar-refractivity contribution in [3.63, 3.8) is 0 Å². The minimum Gasteiger partial charge on any atom is -0.471 e. The molecule has 0 aliphatic carbocycles. The Bertz CT molecular complexity index is 1270. The van der Waals surface area contributed by atoms with Gasteiger partial charge < -0.3 is 14.6 Å². The molecule has 0 radical (unpaired) electrons. The molecule has 9 heteroatoms. The number of carbonyl (C=O) groups excluding carboxylic acids is 1. The number of rotatable bonds is 5. The van der Waals surface area contributed by atoms with Gasteiger partial charge in [-0.05, 0) is 17.7 Å². The number of nitrogens with zero attached hydrogens (tertiary/aromatic N) is 5. The largest absolute Gasteiger partial charge is 0.471 e. The summed E-state index contributed by atoms with van der Waals surface area (Å²) in [6.45, 7) is 1.66. The van der Waals surface area contributed by atoms with Gasteiger partial charge in [0.2, 0.25) is 11.8 Å². The Morgan fingerprint density at radius 3 is 2.76 bits per heavy atom. The van der Waals surface area contributed by atoms with Crippen LogP contribution in [0.3, 0.4) is 0 Å². The van der Waals surface area contributed by atoms with Crippen molar-refractivity contribution in [3.8, 4) is 17.0 Å². The SMILES string of the molecule is CC(=O)Nc1cccc(-c2cn(C)c(=O)n3cc(COc4ccnn4C)nc23)c1. The number of nitrogens with one attached hydrogen (secondary N) is 1. The van der Waals surface area contributed by atoms with Gasteiger partial charge in [-0.3, -0.25) is 9.20 Å². The van der Waals surface area contributed by atoms with Gasteiger partial charge in [-0.25, -0.2) is 14.5 Å². The number of anilines is 1. The van der Waals surface area contributed by atoms with Gasteiger partial charge in [0.25, 0.3) is 0 Å². The summed E-state index contributed by atoms with van der Waals surface area (Å²) in [4.78, 5) is 28.6. The molecular formula is C20H20N6O3. The van der Waals surface area contributed by atoms with Crippen LogP contribution in [0.2, 0.25) is 0 Å². The highest BCUT2D eigenvalue weighted by molar-refractivity contribution is 5.90. The molecule has 3 aromatic heterocycles. The number of ether oxygens (including phenoxy) is 1. The number of amides is 1. The van der Waals surface area contributed by atoms with Gasteiger partial charge in [0, 0.05) is 50.7 Å². The molecule has 9 nitrogen and oxygen atoms in total. The maximum atomic E-state index is 12.6. The number of hydrogen-bond donors (Lipinski definition) is 1. The van der Waals surface area contributed by atoms with Crippen LogP contribution in [0, 0.1) is 0 Å². The first kappa shape index (κ1) is 18.5. The molecule has 148 valence electrons. The molecule has 0 spiro atoms. The lowest BCUT2D eigenvalue weighted by atomic mass is 10.1. The predicted octanol–water partition coefficient (Wildman–Crippen LogP) is 1.97. The van der Waals surface area contributed by atoms with Crippen LogP contribution in [-0.2, 0) is 25.5 Å². The van der Waals surface area contributed by atoms with E-state index in [-0.39, 0.29) is 18.2 Å². The predicted molar refractivity (Wildman–Crippen MR) is 108 cm³/mol. The first-order valence-electron chi connectivity index (χ1n) is 8.99. The lowest BCUT2D eigenvalue weighted by Gasteiger charge is -2.09. The fourth-order valence-corrected chi connectivity index (χ4v) is 3.13. The van der Waals surface area contributed by atoms with E-state index in [0.29, 0.717) is 22.9 Å². The summed E-state index contributed by atoms with van der Waals surface area (Å²) in [5.41, 5.74) is 3.22. The van der Waals surface area contributed by atoms with Crippen LogP contribution < -0.4 is 15.7 Å². The van der Waals surface area contributed by atoms with Crippen LogP contribution in [0.15, 0.2) is 53.7 Å². The first-order chi connectivity index (χ1) is 13.9. The highest BCUT2D eigenvalue weighted by Gasteiger charge is 2.14. The van der Waals surface area contributed by atoms with Gasteiger partial charge >= 0.3 is 5.69 Å². The van der Waals surface area contributed by atoms with Crippen molar-refractivity contribution in [2.24, 2.45) is 14.1 Å². The molecule has 0 saturated heterocycles. The third-order valence-electron chi connectivity index (χ3n) is 4.47. The van der Waals surface area contributed by atoms with Crippen molar-refractivity contribution in [1.29, 1.82) is 0 Å². The van der Waals surface area contributed by atoms with Crippen LogP contribution in [0.25, 0.3) is 16.8 Å². The topological polar surface area (TPSA) is 95.5 Å². The zero-order valence-corrected chi connectivity index (χ0v) is 16.3. The van der Waals surface area contributed by atoms with E-state index >= 15 is 0 Å². The van der Waals surface area contributed by atoms with E-state index in [1.165, 1.54) is 15.9 Å². The van der Waals surface area contributed by atoms with Crippen molar-refractivity contribution in [2.45, 2.75) is 13.5 Å². The second kappa shape index (κ2) is 7.27. The average Bonchev–Trinajstić information content (AvgIpc) is 3.29. The van der Waals surface area contributed by atoms with E-state index in [0.717, 1.165) is 11.1 Å². The third-order valence-corrected chi connectivity index (χ3v) is 4.47. The van der Waals surface area contributed by atoms with Gasteiger partial charge in [-0.15, -0.1) is 0 Å². The number of aromatic nitrogens is 5.